The maximum absolute atomic E-state index is 9.72. The molecule has 0 radical (unpaired) electrons. The molecule has 0 unspecified atom stereocenters. The van der Waals surface area contributed by atoms with Crippen molar-refractivity contribution < 1.29 is 5.11 Å². The third-order valence-electron chi connectivity index (χ3n) is 3.64. The molecule has 1 aliphatic rings. The van der Waals surface area contributed by atoms with Crippen LogP contribution < -0.4 is 4.90 Å². The summed E-state index contributed by atoms with van der Waals surface area (Å²) in [4.78, 5) is 6.76. The summed E-state index contributed by atoms with van der Waals surface area (Å²) < 4.78 is 0. The minimum absolute atomic E-state index is 0.429. The van der Waals surface area contributed by atoms with Gasteiger partial charge in [-0.1, -0.05) is 6.92 Å². The molecule has 1 aromatic heterocycles. The molecule has 1 aromatic rings. The fourth-order valence-electron chi connectivity index (χ4n) is 2.34. The Hall–Kier alpha value is -0.740. The van der Waals surface area contributed by atoms with E-state index in [0.717, 1.165) is 24.0 Å². The first-order chi connectivity index (χ1) is 8.74. The Kier molecular flexibility index (Phi) is 4.89. The maximum Gasteiger partial charge on any atom is 0.0957 e. The Morgan fingerprint density at radius 2 is 2.17 bits per heavy atom. The molecule has 0 aromatic carbocycles. The molecule has 3 nitrogen and oxygen atoms in total. The molecule has 2 rings (SSSR count). The van der Waals surface area contributed by atoms with Gasteiger partial charge in [-0.3, -0.25) is 4.98 Å². The lowest BCUT2D eigenvalue weighted by molar-refractivity contribution is 0.169. The van der Waals surface area contributed by atoms with Gasteiger partial charge in [-0.15, -0.1) is 0 Å². The van der Waals surface area contributed by atoms with Crippen molar-refractivity contribution in [1.82, 2.24) is 4.98 Å². The molecule has 1 saturated heterocycles. The number of thioether (sulfide) groups is 1. The van der Waals surface area contributed by atoms with E-state index in [4.69, 9.17) is 0 Å². The highest BCUT2D eigenvalue weighted by molar-refractivity contribution is 7.99. The second-order valence-corrected chi connectivity index (χ2v) is 5.93. The van der Waals surface area contributed by atoms with Gasteiger partial charge in [0.25, 0.3) is 0 Å². The SMILES string of the molecule is CC[C@@H](O)c1ccc(N2CCC(SC)CC2)cn1. The van der Waals surface area contributed by atoms with Gasteiger partial charge in [-0.25, -0.2) is 0 Å². The number of nitrogens with zero attached hydrogens (tertiary/aromatic N) is 2. The molecule has 0 amide bonds. The van der Waals surface area contributed by atoms with Crippen molar-refractivity contribution in [2.75, 3.05) is 24.2 Å². The van der Waals surface area contributed by atoms with E-state index in [1.807, 2.05) is 30.9 Å². The molecule has 0 bridgehead atoms. The molecule has 4 heteroatoms. The lowest BCUT2D eigenvalue weighted by Crippen LogP contribution is -2.34. The largest absolute Gasteiger partial charge is 0.387 e. The van der Waals surface area contributed by atoms with Gasteiger partial charge in [0, 0.05) is 18.3 Å². The highest BCUT2D eigenvalue weighted by Gasteiger charge is 2.18. The second kappa shape index (κ2) is 6.43. The Labute approximate surface area is 114 Å². The van der Waals surface area contributed by atoms with Crippen molar-refractivity contribution in [1.29, 1.82) is 0 Å². The molecular weight excluding hydrogens is 244 g/mol. The van der Waals surface area contributed by atoms with Gasteiger partial charge < -0.3 is 10.0 Å². The van der Waals surface area contributed by atoms with Crippen LogP contribution >= 0.6 is 11.8 Å². The average molecular weight is 266 g/mol. The van der Waals surface area contributed by atoms with Gasteiger partial charge >= 0.3 is 0 Å². The van der Waals surface area contributed by atoms with Gasteiger partial charge in [0.2, 0.25) is 0 Å². The number of aliphatic hydroxyl groups excluding tert-OH is 1. The maximum atomic E-state index is 9.72. The molecular formula is C14H22N2OS. The number of pyridine rings is 1. The summed E-state index contributed by atoms with van der Waals surface area (Å²) in [6, 6.07) is 4.03. The van der Waals surface area contributed by atoms with Crippen LogP contribution in [0.1, 0.15) is 38.0 Å². The number of rotatable bonds is 4. The molecule has 1 atom stereocenters. The summed E-state index contributed by atoms with van der Waals surface area (Å²) in [7, 11) is 0. The second-order valence-electron chi connectivity index (χ2n) is 4.79. The molecule has 2 heterocycles. The van der Waals surface area contributed by atoms with E-state index in [2.05, 4.69) is 22.2 Å². The van der Waals surface area contributed by atoms with Crippen molar-refractivity contribution >= 4 is 17.4 Å². The summed E-state index contributed by atoms with van der Waals surface area (Å²) in [5.74, 6) is 0. The third-order valence-corrected chi connectivity index (χ3v) is 4.78. The zero-order valence-electron chi connectivity index (χ0n) is 11.2. The number of hydrogen-bond donors (Lipinski definition) is 1. The van der Waals surface area contributed by atoms with E-state index in [-0.39, 0.29) is 0 Å². The van der Waals surface area contributed by atoms with Crippen LogP contribution in [0.15, 0.2) is 18.3 Å². The Balaban J connectivity index is 1.98. The molecule has 18 heavy (non-hydrogen) atoms. The Morgan fingerprint density at radius 1 is 1.44 bits per heavy atom. The predicted octanol–water partition coefficient (Wildman–Crippen LogP) is 2.86. The number of piperidine rings is 1. The van der Waals surface area contributed by atoms with Gasteiger partial charge in [-0.2, -0.15) is 11.8 Å². The highest BCUT2D eigenvalue weighted by Crippen LogP contribution is 2.25. The molecule has 0 spiro atoms. The number of aliphatic hydroxyl groups is 1. The van der Waals surface area contributed by atoms with Crippen LogP contribution in [0.2, 0.25) is 0 Å². The van der Waals surface area contributed by atoms with Crippen LogP contribution in [-0.4, -0.2) is 34.7 Å². The van der Waals surface area contributed by atoms with Crippen molar-refractivity contribution in [2.45, 2.75) is 37.5 Å². The molecule has 100 valence electrons. The minimum atomic E-state index is -0.429. The van der Waals surface area contributed by atoms with Crippen LogP contribution in [0.3, 0.4) is 0 Å². The molecule has 1 aliphatic heterocycles. The molecule has 1 N–H and O–H groups in total. The van der Waals surface area contributed by atoms with Crippen molar-refractivity contribution in [2.24, 2.45) is 0 Å². The lowest BCUT2D eigenvalue weighted by Gasteiger charge is -2.32. The van der Waals surface area contributed by atoms with Crippen molar-refractivity contribution in [3.8, 4) is 0 Å². The monoisotopic (exact) mass is 266 g/mol. The van der Waals surface area contributed by atoms with Gasteiger partial charge in [-0.05, 0) is 37.7 Å². The third kappa shape index (κ3) is 3.18. The normalized spacial score (nSPS) is 18.9. The van der Waals surface area contributed by atoms with Crippen LogP contribution in [0.4, 0.5) is 5.69 Å². The minimum Gasteiger partial charge on any atom is -0.387 e. The van der Waals surface area contributed by atoms with E-state index in [1.165, 1.54) is 18.5 Å². The van der Waals surface area contributed by atoms with Crippen LogP contribution in [0, 0.1) is 0 Å². The zero-order valence-corrected chi connectivity index (χ0v) is 12.0. The lowest BCUT2D eigenvalue weighted by atomic mass is 10.1. The van der Waals surface area contributed by atoms with Gasteiger partial charge in [0.15, 0.2) is 0 Å². The first kappa shape index (κ1) is 13.7. The van der Waals surface area contributed by atoms with Gasteiger partial charge in [0.05, 0.1) is 23.7 Å². The highest BCUT2D eigenvalue weighted by atomic mass is 32.2. The standard InChI is InChI=1S/C14H22N2OS/c1-3-14(17)13-5-4-11(10-15-13)16-8-6-12(18-2)7-9-16/h4-5,10,12,14,17H,3,6-9H2,1-2H3/t14-/m1/s1. The van der Waals surface area contributed by atoms with E-state index in [0.29, 0.717) is 6.42 Å². The summed E-state index contributed by atoms with van der Waals surface area (Å²) in [5.41, 5.74) is 1.96. The first-order valence-corrected chi connectivity index (χ1v) is 7.95. The van der Waals surface area contributed by atoms with E-state index < -0.39 is 6.10 Å². The van der Waals surface area contributed by atoms with Crippen molar-refractivity contribution in [3.63, 3.8) is 0 Å². The van der Waals surface area contributed by atoms with Crippen LogP contribution in [0.25, 0.3) is 0 Å². The summed E-state index contributed by atoms with van der Waals surface area (Å²) in [5, 5.41) is 10.5. The summed E-state index contributed by atoms with van der Waals surface area (Å²) in [6.45, 7) is 4.19. The van der Waals surface area contributed by atoms with E-state index in [9.17, 15) is 5.11 Å². The molecule has 0 saturated carbocycles. The molecule has 0 aliphatic carbocycles. The van der Waals surface area contributed by atoms with E-state index >= 15 is 0 Å². The van der Waals surface area contributed by atoms with Gasteiger partial charge in [0.1, 0.15) is 0 Å². The first-order valence-electron chi connectivity index (χ1n) is 6.66. The zero-order chi connectivity index (χ0) is 13.0. The average Bonchev–Trinajstić information content (AvgIpc) is 2.47. The number of anilines is 1. The topological polar surface area (TPSA) is 36.4 Å². The number of aromatic nitrogens is 1. The predicted molar refractivity (Wildman–Crippen MR) is 78.2 cm³/mol. The molecule has 1 fully saturated rings. The van der Waals surface area contributed by atoms with E-state index in [1.54, 1.807) is 0 Å². The smallest absolute Gasteiger partial charge is 0.0957 e. The van der Waals surface area contributed by atoms with Crippen molar-refractivity contribution in [3.05, 3.63) is 24.0 Å². The fraction of sp³-hybridized carbons (Fsp3) is 0.643. The van der Waals surface area contributed by atoms with Crippen LogP contribution in [-0.2, 0) is 0 Å². The fourth-order valence-corrected chi connectivity index (χ4v) is 3.02. The Morgan fingerprint density at radius 3 is 2.67 bits per heavy atom. The summed E-state index contributed by atoms with van der Waals surface area (Å²) >= 11 is 1.98. The number of hydrogen-bond acceptors (Lipinski definition) is 4. The Bertz CT molecular complexity index is 361. The quantitative estimate of drug-likeness (QED) is 0.909. The summed E-state index contributed by atoms with van der Waals surface area (Å²) in [6.07, 6.45) is 6.88. The van der Waals surface area contributed by atoms with Crippen LogP contribution in [0.5, 0.6) is 0 Å².